The molecule has 0 saturated heterocycles. The number of carbonyl (C=O) groups excluding carboxylic acids is 2. The van der Waals surface area contributed by atoms with Gasteiger partial charge in [0.05, 0.1) is 12.9 Å². The average molecular weight is 540 g/mol. The molecule has 0 spiro atoms. The molecule has 2 unspecified atom stereocenters. The number of nitrogens with zero attached hydrogens (tertiary/aromatic N) is 2. The Morgan fingerprint density at radius 1 is 0.925 bits per heavy atom. The maximum atomic E-state index is 13.7. The highest BCUT2D eigenvalue weighted by Gasteiger charge is 2.28. The molecule has 0 bridgehead atoms. The Bertz CT molecular complexity index is 1380. The van der Waals surface area contributed by atoms with E-state index in [1.54, 1.807) is 0 Å². The highest BCUT2D eigenvalue weighted by atomic mass is 16.4. The number of hydrogen-bond acceptors (Lipinski definition) is 4. The summed E-state index contributed by atoms with van der Waals surface area (Å²) >= 11 is 0. The smallest absolute Gasteiger partial charge is 0.405 e. The summed E-state index contributed by atoms with van der Waals surface area (Å²) in [6.45, 7) is 2.34. The predicted octanol–water partition coefficient (Wildman–Crippen LogP) is 4.20. The average Bonchev–Trinajstić information content (AvgIpc) is 3.49. The quantitative estimate of drug-likeness (QED) is 0.215. The molecule has 1 heterocycles. The first-order valence-corrected chi connectivity index (χ1v) is 13.1. The summed E-state index contributed by atoms with van der Waals surface area (Å²) < 4.78 is 0. The van der Waals surface area contributed by atoms with Crippen LogP contribution < -0.4 is 10.6 Å². The number of nitrogens with one attached hydrogen (secondary N) is 3. The van der Waals surface area contributed by atoms with Crippen LogP contribution in [0.3, 0.4) is 0 Å². The van der Waals surface area contributed by atoms with Gasteiger partial charge in [0.1, 0.15) is 6.04 Å². The Morgan fingerprint density at radius 3 is 2.20 bits per heavy atom. The SMILES string of the molecule is CC(CNC(=O)CN(Cc1ccc(-c2ccccc2)cc1)C(=O)C(Cc1cnc[nH]1)NC(=O)O)c1ccccc1. The maximum Gasteiger partial charge on any atom is 0.405 e. The lowest BCUT2D eigenvalue weighted by atomic mass is 10.0. The minimum atomic E-state index is -1.33. The van der Waals surface area contributed by atoms with Crippen LogP contribution in [0.5, 0.6) is 0 Å². The Kier molecular flexibility index (Phi) is 9.66. The number of imidazole rings is 1. The van der Waals surface area contributed by atoms with Crippen LogP contribution in [0.2, 0.25) is 0 Å². The first kappa shape index (κ1) is 28.1. The summed E-state index contributed by atoms with van der Waals surface area (Å²) in [5.74, 6) is -0.746. The lowest BCUT2D eigenvalue weighted by Gasteiger charge is -2.27. The van der Waals surface area contributed by atoms with Gasteiger partial charge < -0.3 is 25.6 Å². The van der Waals surface area contributed by atoms with Crippen LogP contribution >= 0.6 is 0 Å². The highest BCUT2D eigenvalue weighted by Crippen LogP contribution is 2.20. The molecular weight excluding hydrogens is 506 g/mol. The molecule has 1 aromatic heterocycles. The van der Waals surface area contributed by atoms with Gasteiger partial charge in [-0.05, 0) is 28.2 Å². The van der Waals surface area contributed by atoms with Crippen LogP contribution in [-0.2, 0) is 22.6 Å². The first-order valence-electron chi connectivity index (χ1n) is 13.1. The zero-order chi connectivity index (χ0) is 28.3. The molecule has 40 heavy (non-hydrogen) atoms. The van der Waals surface area contributed by atoms with Crippen LogP contribution in [0.4, 0.5) is 4.79 Å². The fraction of sp³-hybridized carbons (Fsp3) is 0.226. The predicted molar refractivity (Wildman–Crippen MR) is 152 cm³/mol. The minimum absolute atomic E-state index is 0.0707. The molecule has 206 valence electrons. The molecule has 0 saturated carbocycles. The third-order valence-electron chi connectivity index (χ3n) is 6.63. The van der Waals surface area contributed by atoms with Crippen molar-refractivity contribution >= 4 is 17.9 Å². The van der Waals surface area contributed by atoms with E-state index in [2.05, 4.69) is 20.6 Å². The Morgan fingerprint density at radius 2 is 1.57 bits per heavy atom. The number of amides is 3. The van der Waals surface area contributed by atoms with Gasteiger partial charge in [0.25, 0.3) is 0 Å². The van der Waals surface area contributed by atoms with Crippen LogP contribution in [0.1, 0.15) is 29.7 Å². The molecule has 0 aliphatic rings. The molecule has 4 aromatic rings. The summed E-state index contributed by atoms with van der Waals surface area (Å²) in [6, 6.07) is 26.4. The van der Waals surface area contributed by atoms with E-state index in [-0.39, 0.29) is 31.3 Å². The molecule has 0 aliphatic heterocycles. The van der Waals surface area contributed by atoms with Crippen molar-refractivity contribution in [1.82, 2.24) is 25.5 Å². The van der Waals surface area contributed by atoms with Gasteiger partial charge in [-0.2, -0.15) is 0 Å². The van der Waals surface area contributed by atoms with Gasteiger partial charge in [0.2, 0.25) is 11.8 Å². The number of carbonyl (C=O) groups is 3. The van der Waals surface area contributed by atoms with Crippen LogP contribution in [0, 0.1) is 0 Å². The lowest BCUT2D eigenvalue weighted by molar-refractivity contribution is -0.138. The fourth-order valence-electron chi connectivity index (χ4n) is 4.45. The van der Waals surface area contributed by atoms with E-state index in [0.717, 1.165) is 22.3 Å². The van der Waals surface area contributed by atoms with Crippen LogP contribution in [0.25, 0.3) is 11.1 Å². The van der Waals surface area contributed by atoms with Gasteiger partial charge in [-0.15, -0.1) is 0 Å². The van der Waals surface area contributed by atoms with E-state index in [0.29, 0.717) is 12.2 Å². The van der Waals surface area contributed by atoms with Gasteiger partial charge in [0.15, 0.2) is 0 Å². The largest absolute Gasteiger partial charge is 0.465 e. The van der Waals surface area contributed by atoms with Crippen molar-refractivity contribution in [3.05, 3.63) is 114 Å². The van der Waals surface area contributed by atoms with Crippen molar-refractivity contribution in [2.75, 3.05) is 13.1 Å². The Balaban J connectivity index is 1.50. The monoisotopic (exact) mass is 539 g/mol. The van der Waals surface area contributed by atoms with Crippen molar-refractivity contribution in [1.29, 1.82) is 0 Å². The van der Waals surface area contributed by atoms with E-state index in [1.807, 2.05) is 91.9 Å². The maximum absolute atomic E-state index is 13.7. The van der Waals surface area contributed by atoms with E-state index < -0.39 is 18.0 Å². The molecule has 2 atom stereocenters. The molecule has 0 fully saturated rings. The summed E-state index contributed by atoms with van der Waals surface area (Å²) in [7, 11) is 0. The van der Waals surface area contributed by atoms with Crippen LogP contribution in [0.15, 0.2) is 97.5 Å². The normalized spacial score (nSPS) is 12.2. The summed E-state index contributed by atoms with van der Waals surface area (Å²) in [4.78, 5) is 46.5. The van der Waals surface area contributed by atoms with Gasteiger partial charge in [-0.25, -0.2) is 9.78 Å². The molecule has 0 aliphatic carbocycles. The Labute approximate surface area is 233 Å². The fourth-order valence-corrected chi connectivity index (χ4v) is 4.45. The second-order valence-corrected chi connectivity index (χ2v) is 9.66. The number of carboxylic acid groups (broad SMARTS) is 1. The topological polar surface area (TPSA) is 127 Å². The first-order chi connectivity index (χ1) is 19.4. The minimum Gasteiger partial charge on any atom is -0.465 e. The summed E-state index contributed by atoms with van der Waals surface area (Å²) in [6.07, 6.45) is 1.74. The number of aromatic amines is 1. The number of aromatic nitrogens is 2. The second-order valence-electron chi connectivity index (χ2n) is 9.66. The zero-order valence-electron chi connectivity index (χ0n) is 22.3. The molecule has 4 rings (SSSR count). The highest BCUT2D eigenvalue weighted by molar-refractivity contribution is 5.89. The van der Waals surface area contributed by atoms with Gasteiger partial charge in [0, 0.05) is 31.4 Å². The molecule has 9 heteroatoms. The Hall–Kier alpha value is -4.92. The van der Waals surface area contributed by atoms with E-state index >= 15 is 0 Å². The summed E-state index contributed by atoms with van der Waals surface area (Å²) in [5.41, 5.74) is 4.60. The van der Waals surface area contributed by atoms with Crippen molar-refractivity contribution < 1.29 is 19.5 Å². The zero-order valence-corrected chi connectivity index (χ0v) is 22.3. The van der Waals surface area contributed by atoms with E-state index in [4.69, 9.17) is 0 Å². The standard InChI is InChI=1S/C31H33N5O4/c1-22(24-8-4-2-5-9-24)17-33-29(37)20-36(30(38)28(35-31(39)40)16-27-18-32-21-34-27)19-23-12-14-26(15-13-23)25-10-6-3-7-11-25/h2-15,18,21-22,28,35H,16-17,19-20H2,1H3,(H,32,34)(H,33,37)(H,39,40). The van der Waals surface area contributed by atoms with Crippen molar-refractivity contribution in [2.45, 2.75) is 31.8 Å². The third kappa shape index (κ3) is 8.04. The molecule has 4 N–H and O–H groups in total. The number of H-pyrrole nitrogens is 1. The van der Waals surface area contributed by atoms with Gasteiger partial charge >= 0.3 is 6.09 Å². The van der Waals surface area contributed by atoms with Crippen molar-refractivity contribution in [3.8, 4) is 11.1 Å². The molecule has 3 amide bonds. The number of rotatable bonds is 12. The molecule has 3 aromatic carbocycles. The van der Waals surface area contributed by atoms with Gasteiger partial charge in [-0.3, -0.25) is 9.59 Å². The summed E-state index contributed by atoms with van der Waals surface area (Å²) in [5, 5.41) is 14.6. The second kappa shape index (κ2) is 13.7. The lowest BCUT2D eigenvalue weighted by Crippen LogP contribution is -2.51. The molecular formula is C31H33N5O4. The number of benzene rings is 3. The third-order valence-corrected chi connectivity index (χ3v) is 6.63. The van der Waals surface area contributed by atoms with E-state index in [1.165, 1.54) is 17.4 Å². The molecule has 9 nitrogen and oxygen atoms in total. The van der Waals surface area contributed by atoms with Crippen LogP contribution in [-0.4, -0.2) is 57.0 Å². The molecule has 0 radical (unpaired) electrons. The van der Waals surface area contributed by atoms with Crippen molar-refractivity contribution in [2.24, 2.45) is 0 Å². The van der Waals surface area contributed by atoms with E-state index in [9.17, 15) is 19.5 Å². The van der Waals surface area contributed by atoms with Crippen molar-refractivity contribution in [3.63, 3.8) is 0 Å². The van der Waals surface area contributed by atoms with Gasteiger partial charge in [-0.1, -0.05) is 91.9 Å². The number of hydrogen-bond donors (Lipinski definition) is 4.